The molecule has 1 aromatic rings. The lowest BCUT2D eigenvalue weighted by Gasteiger charge is -2.36. The second-order valence-corrected chi connectivity index (χ2v) is 17.7. The van der Waals surface area contributed by atoms with Crippen molar-refractivity contribution in [3.8, 4) is 0 Å². The van der Waals surface area contributed by atoms with Crippen LogP contribution in [0.4, 0.5) is 0 Å². The molecule has 0 radical (unpaired) electrons. The van der Waals surface area contributed by atoms with E-state index in [2.05, 4.69) is 0 Å². The highest BCUT2D eigenvalue weighted by atomic mass is 32.2. The minimum absolute atomic E-state index is 0.288. The summed E-state index contributed by atoms with van der Waals surface area (Å²) in [6, 6.07) is 8.47. The number of sulfonamides is 1. The molecule has 0 fully saturated rings. The van der Waals surface area contributed by atoms with Crippen molar-refractivity contribution in [2.24, 2.45) is 0 Å². The predicted molar refractivity (Wildman–Crippen MR) is 83.2 cm³/mol. The maximum Gasteiger partial charge on any atom is 0.257 e. The average molecular weight is 318 g/mol. The Morgan fingerprint density at radius 3 is 1.79 bits per heavy atom. The number of benzene rings is 1. The van der Waals surface area contributed by atoms with Gasteiger partial charge in [0.2, 0.25) is 8.32 Å². The SMILES string of the molecule is C[Si](C)(C)ON([Si](C)(C)C)S(=O)(=O)c1ccccc1. The summed E-state index contributed by atoms with van der Waals surface area (Å²) in [6.07, 6.45) is 0. The second-order valence-electron chi connectivity index (χ2n) is 6.42. The molecular weight excluding hydrogens is 294 g/mol. The van der Waals surface area contributed by atoms with Crippen molar-refractivity contribution >= 4 is 26.6 Å². The molecule has 0 atom stereocenters. The van der Waals surface area contributed by atoms with Crippen LogP contribution >= 0.6 is 0 Å². The zero-order valence-corrected chi connectivity index (χ0v) is 15.3. The topological polar surface area (TPSA) is 46.6 Å². The lowest BCUT2D eigenvalue weighted by atomic mass is 10.4. The van der Waals surface area contributed by atoms with Gasteiger partial charge in [0.1, 0.15) is 0 Å². The quantitative estimate of drug-likeness (QED) is 0.618. The lowest BCUT2D eigenvalue weighted by Crippen LogP contribution is -2.53. The molecule has 0 heterocycles. The highest BCUT2D eigenvalue weighted by Crippen LogP contribution is 2.25. The van der Waals surface area contributed by atoms with E-state index in [-0.39, 0.29) is 4.90 Å². The third kappa shape index (κ3) is 4.53. The highest BCUT2D eigenvalue weighted by Gasteiger charge is 2.39. The van der Waals surface area contributed by atoms with E-state index in [0.29, 0.717) is 0 Å². The van der Waals surface area contributed by atoms with Crippen LogP contribution in [0.3, 0.4) is 0 Å². The van der Waals surface area contributed by atoms with Gasteiger partial charge in [0, 0.05) is 0 Å². The first-order chi connectivity index (χ1) is 8.44. The molecule has 0 unspecified atom stereocenters. The Bertz CT molecular complexity index is 518. The van der Waals surface area contributed by atoms with Gasteiger partial charge in [-0.3, -0.25) is 0 Å². The molecule has 0 aliphatic carbocycles. The van der Waals surface area contributed by atoms with Gasteiger partial charge in [-0.25, -0.2) is 8.42 Å². The summed E-state index contributed by atoms with van der Waals surface area (Å²) in [4.78, 5) is 0.288. The molecule has 19 heavy (non-hydrogen) atoms. The van der Waals surface area contributed by atoms with Crippen LogP contribution in [-0.2, 0) is 14.6 Å². The molecule has 1 rings (SSSR count). The molecule has 4 nitrogen and oxygen atoms in total. The van der Waals surface area contributed by atoms with E-state index in [0.717, 1.165) is 0 Å². The van der Waals surface area contributed by atoms with Gasteiger partial charge in [-0.05, 0) is 31.8 Å². The Morgan fingerprint density at radius 1 is 0.947 bits per heavy atom. The van der Waals surface area contributed by atoms with Crippen molar-refractivity contribution in [2.75, 3.05) is 0 Å². The van der Waals surface area contributed by atoms with Crippen LogP contribution in [0.15, 0.2) is 35.2 Å². The first kappa shape index (κ1) is 16.6. The summed E-state index contributed by atoms with van der Waals surface area (Å²) in [5.74, 6) is 0. The fourth-order valence-electron chi connectivity index (χ4n) is 1.48. The van der Waals surface area contributed by atoms with E-state index >= 15 is 0 Å². The summed E-state index contributed by atoms with van der Waals surface area (Å²) < 4.78 is 32.6. The van der Waals surface area contributed by atoms with Crippen LogP contribution in [0.2, 0.25) is 39.3 Å². The standard InChI is InChI=1S/C12H23NO3SSi2/c1-18(2,3)13(16-19(4,5)6)17(14,15)12-10-8-7-9-11-12/h7-11H,1-6H3. The normalized spacial score (nSPS) is 13.8. The van der Waals surface area contributed by atoms with Gasteiger partial charge < -0.3 is 4.53 Å². The van der Waals surface area contributed by atoms with Crippen LogP contribution in [0.1, 0.15) is 0 Å². The van der Waals surface area contributed by atoms with Crippen molar-refractivity contribution in [3.05, 3.63) is 30.3 Å². The molecule has 0 saturated carbocycles. The molecule has 0 spiro atoms. The monoisotopic (exact) mass is 317 g/mol. The fourth-order valence-corrected chi connectivity index (χ4v) is 8.85. The second kappa shape index (κ2) is 5.49. The van der Waals surface area contributed by atoms with E-state index in [9.17, 15) is 8.42 Å². The molecule has 0 saturated heterocycles. The Hall–Kier alpha value is -0.476. The molecule has 0 aliphatic heterocycles. The van der Waals surface area contributed by atoms with E-state index < -0.39 is 26.6 Å². The summed E-state index contributed by atoms with van der Waals surface area (Å²) in [7, 11) is -7.73. The van der Waals surface area contributed by atoms with Gasteiger partial charge in [-0.1, -0.05) is 37.8 Å². The molecule has 1 aromatic carbocycles. The van der Waals surface area contributed by atoms with Crippen LogP contribution in [0.5, 0.6) is 0 Å². The highest BCUT2D eigenvalue weighted by molar-refractivity contribution is 7.90. The summed E-state index contributed by atoms with van der Waals surface area (Å²) in [5, 5.41) is 0. The van der Waals surface area contributed by atoms with Gasteiger partial charge in [-0.15, -0.1) is 4.13 Å². The van der Waals surface area contributed by atoms with Crippen molar-refractivity contribution in [1.29, 1.82) is 0 Å². The average Bonchev–Trinajstić information content (AvgIpc) is 2.24. The lowest BCUT2D eigenvalue weighted by molar-refractivity contribution is 0.106. The van der Waals surface area contributed by atoms with Gasteiger partial charge in [0.15, 0.2) is 8.24 Å². The Labute approximate surface area is 118 Å². The molecule has 0 aromatic heterocycles. The van der Waals surface area contributed by atoms with Crippen LogP contribution < -0.4 is 0 Å². The zero-order chi connectivity index (χ0) is 14.9. The fraction of sp³-hybridized carbons (Fsp3) is 0.500. The van der Waals surface area contributed by atoms with Gasteiger partial charge >= 0.3 is 0 Å². The Balaban J connectivity index is 3.26. The number of nitrogens with zero attached hydrogens (tertiary/aromatic N) is 1. The van der Waals surface area contributed by atoms with Crippen molar-refractivity contribution < 1.29 is 12.9 Å². The summed E-state index contributed by atoms with van der Waals surface area (Å²) in [6.45, 7) is 11.9. The zero-order valence-electron chi connectivity index (χ0n) is 12.5. The van der Waals surface area contributed by atoms with Crippen molar-refractivity contribution in [1.82, 2.24) is 4.13 Å². The van der Waals surface area contributed by atoms with Crippen molar-refractivity contribution in [3.63, 3.8) is 0 Å². The summed E-state index contributed by atoms with van der Waals surface area (Å²) >= 11 is 0. The van der Waals surface area contributed by atoms with Gasteiger partial charge in [0.25, 0.3) is 10.0 Å². The summed E-state index contributed by atoms with van der Waals surface area (Å²) in [5.41, 5.74) is 0. The minimum atomic E-state index is -3.58. The third-order valence-electron chi connectivity index (χ3n) is 2.16. The number of rotatable bonds is 5. The smallest absolute Gasteiger partial charge is 0.257 e. The van der Waals surface area contributed by atoms with Crippen molar-refractivity contribution in [2.45, 2.75) is 44.2 Å². The molecule has 7 heteroatoms. The largest absolute Gasteiger partial charge is 0.336 e. The van der Waals surface area contributed by atoms with Gasteiger partial charge in [-0.2, -0.15) is 0 Å². The molecule has 0 N–H and O–H groups in total. The minimum Gasteiger partial charge on any atom is -0.336 e. The molecular formula is C12H23NO3SSi2. The Kier molecular flexibility index (Phi) is 4.79. The Morgan fingerprint density at radius 2 is 1.42 bits per heavy atom. The maximum absolute atomic E-state index is 12.7. The third-order valence-corrected chi connectivity index (χ3v) is 8.14. The van der Waals surface area contributed by atoms with E-state index in [4.69, 9.17) is 4.53 Å². The van der Waals surface area contributed by atoms with E-state index in [1.807, 2.05) is 39.3 Å². The molecule has 0 aliphatic rings. The molecule has 0 amide bonds. The van der Waals surface area contributed by atoms with E-state index in [1.54, 1.807) is 30.3 Å². The number of hydrogen-bond acceptors (Lipinski definition) is 3. The van der Waals surface area contributed by atoms with Crippen LogP contribution in [-0.4, -0.2) is 29.1 Å². The molecule has 0 bridgehead atoms. The van der Waals surface area contributed by atoms with Gasteiger partial charge in [0.05, 0.1) is 4.90 Å². The van der Waals surface area contributed by atoms with E-state index in [1.165, 1.54) is 4.13 Å². The first-order valence-electron chi connectivity index (χ1n) is 6.24. The first-order valence-corrected chi connectivity index (χ1v) is 14.5. The maximum atomic E-state index is 12.7. The van der Waals surface area contributed by atoms with Crippen LogP contribution in [0.25, 0.3) is 0 Å². The number of hydrogen-bond donors (Lipinski definition) is 0. The molecule has 108 valence electrons. The van der Waals surface area contributed by atoms with Crippen LogP contribution in [0, 0.1) is 0 Å². The predicted octanol–water partition coefficient (Wildman–Crippen LogP) is 3.28.